The third-order valence-electron chi connectivity index (χ3n) is 3.48. The Morgan fingerprint density at radius 3 is 2.90 bits per heavy atom. The van der Waals surface area contributed by atoms with Crippen molar-refractivity contribution in [3.8, 4) is 5.75 Å². The molecule has 3 rings (SSSR count). The van der Waals surface area contributed by atoms with Crippen molar-refractivity contribution in [1.29, 1.82) is 0 Å². The van der Waals surface area contributed by atoms with E-state index in [4.69, 9.17) is 4.74 Å². The van der Waals surface area contributed by atoms with E-state index in [1.54, 1.807) is 0 Å². The lowest BCUT2D eigenvalue weighted by molar-refractivity contribution is 0.302. The highest BCUT2D eigenvalue weighted by molar-refractivity contribution is 5.72. The number of nitrogens with zero attached hydrogens (tertiary/aromatic N) is 1. The summed E-state index contributed by atoms with van der Waals surface area (Å²) in [5.74, 6) is 1.87. The van der Waals surface area contributed by atoms with Crippen LogP contribution >= 0.6 is 0 Å². The van der Waals surface area contributed by atoms with Crippen molar-refractivity contribution < 1.29 is 4.74 Å². The molecule has 1 aromatic carbocycles. The molecule has 20 heavy (non-hydrogen) atoms. The van der Waals surface area contributed by atoms with Gasteiger partial charge in [0.25, 0.3) is 0 Å². The summed E-state index contributed by atoms with van der Waals surface area (Å²) in [6.07, 6.45) is 2.80. The van der Waals surface area contributed by atoms with Crippen molar-refractivity contribution in [3.63, 3.8) is 0 Å². The van der Waals surface area contributed by atoms with Gasteiger partial charge in [-0.1, -0.05) is 36.9 Å². The molecule has 0 amide bonds. The van der Waals surface area contributed by atoms with Crippen LogP contribution in [-0.4, -0.2) is 11.5 Å². The van der Waals surface area contributed by atoms with Crippen molar-refractivity contribution in [3.05, 3.63) is 59.8 Å². The fourth-order valence-electron chi connectivity index (χ4n) is 2.42. The van der Waals surface area contributed by atoms with Gasteiger partial charge in [0.15, 0.2) is 0 Å². The molecule has 1 aliphatic heterocycles. The molecule has 0 spiro atoms. The molecule has 1 N–H and O–H groups in total. The van der Waals surface area contributed by atoms with E-state index in [0.29, 0.717) is 6.61 Å². The predicted octanol–water partition coefficient (Wildman–Crippen LogP) is 3.66. The number of benzene rings is 1. The molecule has 0 radical (unpaired) electrons. The second-order valence-electron chi connectivity index (χ2n) is 5.06. The summed E-state index contributed by atoms with van der Waals surface area (Å²) in [6, 6.07) is 10.2. The molecule has 102 valence electrons. The fraction of sp³-hybridized carbons (Fsp3) is 0.235. The van der Waals surface area contributed by atoms with Gasteiger partial charge in [-0.05, 0) is 24.5 Å². The maximum Gasteiger partial charge on any atom is 0.135 e. The van der Waals surface area contributed by atoms with Crippen LogP contribution in [0.3, 0.4) is 0 Å². The Labute approximate surface area is 119 Å². The number of hydrogen-bond donors (Lipinski definition) is 1. The van der Waals surface area contributed by atoms with Gasteiger partial charge >= 0.3 is 0 Å². The van der Waals surface area contributed by atoms with Gasteiger partial charge in [-0.25, -0.2) is 4.98 Å². The number of ether oxygens (including phenoxy) is 1. The van der Waals surface area contributed by atoms with Gasteiger partial charge in [0.2, 0.25) is 0 Å². The van der Waals surface area contributed by atoms with Crippen LogP contribution in [0, 0.1) is 0 Å². The molecule has 0 bridgehead atoms. The van der Waals surface area contributed by atoms with E-state index in [1.165, 1.54) is 5.56 Å². The zero-order chi connectivity index (χ0) is 13.9. The summed E-state index contributed by atoms with van der Waals surface area (Å²) in [4.78, 5) is 4.44. The van der Waals surface area contributed by atoms with Crippen LogP contribution in [0.15, 0.2) is 43.1 Å². The van der Waals surface area contributed by atoms with Crippen LogP contribution in [0.2, 0.25) is 0 Å². The molecule has 2 heterocycles. The van der Waals surface area contributed by atoms with Crippen LogP contribution in [0.25, 0.3) is 5.57 Å². The van der Waals surface area contributed by atoms with E-state index in [0.717, 1.165) is 41.2 Å². The lowest BCUT2D eigenvalue weighted by Gasteiger charge is -2.15. The largest absolute Gasteiger partial charge is 0.488 e. The van der Waals surface area contributed by atoms with Gasteiger partial charge < -0.3 is 10.1 Å². The standard InChI is InChI=1S/C17H18N2O/c1-12(2)15-10-19-17-14(8-9-18-17)16(15)20-11-13-6-4-3-5-7-13/h3-7,10H,1,8-9,11H2,2H3,(H,18,19). The van der Waals surface area contributed by atoms with Crippen molar-refractivity contribution in [2.45, 2.75) is 20.0 Å². The van der Waals surface area contributed by atoms with E-state index in [2.05, 4.69) is 29.0 Å². The van der Waals surface area contributed by atoms with Crippen molar-refractivity contribution in [2.24, 2.45) is 0 Å². The SMILES string of the molecule is C=C(C)c1cnc2c(c1OCc1ccccc1)CCN2. The Balaban J connectivity index is 1.91. The molecule has 3 nitrogen and oxygen atoms in total. The molecular weight excluding hydrogens is 248 g/mol. The highest BCUT2D eigenvalue weighted by Gasteiger charge is 2.20. The summed E-state index contributed by atoms with van der Waals surface area (Å²) >= 11 is 0. The molecule has 0 saturated heterocycles. The van der Waals surface area contributed by atoms with Crippen LogP contribution in [0.5, 0.6) is 5.75 Å². The number of pyridine rings is 1. The number of allylic oxidation sites excluding steroid dienone is 1. The van der Waals surface area contributed by atoms with Gasteiger partial charge in [-0.15, -0.1) is 0 Å². The fourth-order valence-corrected chi connectivity index (χ4v) is 2.42. The monoisotopic (exact) mass is 266 g/mol. The van der Waals surface area contributed by atoms with Crippen molar-refractivity contribution >= 4 is 11.4 Å². The third kappa shape index (κ3) is 2.39. The topological polar surface area (TPSA) is 34.1 Å². The molecule has 0 unspecified atom stereocenters. The summed E-state index contributed by atoms with van der Waals surface area (Å²) in [6.45, 7) is 7.50. The number of fused-ring (bicyclic) bond motifs is 1. The summed E-state index contributed by atoms with van der Waals surface area (Å²) in [5, 5.41) is 3.28. The molecule has 1 aliphatic rings. The quantitative estimate of drug-likeness (QED) is 0.917. The first-order valence-electron chi connectivity index (χ1n) is 6.84. The lowest BCUT2D eigenvalue weighted by Crippen LogP contribution is -2.02. The van der Waals surface area contributed by atoms with E-state index in [-0.39, 0.29) is 0 Å². The normalized spacial score (nSPS) is 12.7. The second kappa shape index (κ2) is 5.37. The van der Waals surface area contributed by atoms with E-state index < -0.39 is 0 Å². The third-order valence-corrected chi connectivity index (χ3v) is 3.48. The van der Waals surface area contributed by atoms with Crippen LogP contribution in [0.1, 0.15) is 23.6 Å². The number of rotatable bonds is 4. The number of anilines is 1. The Kier molecular flexibility index (Phi) is 3.42. The zero-order valence-corrected chi connectivity index (χ0v) is 11.6. The van der Waals surface area contributed by atoms with Gasteiger partial charge in [-0.2, -0.15) is 0 Å². The molecule has 0 atom stereocenters. The van der Waals surface area contributed by atoms with E-state index in [1.807, 2.05) is 31.3 Å². The number of hydrogen-bond acceptors (Lipinski definition) is 3. The summed E-state index contributed by atoms with van der Waals surface area (Å²) in [5.41, 5.74) is 4.32. The van der Waals surface area contributed by atoms with Crippen LogP contribution in [0.4, 0.5) is 5.82 Å². The Hall–Kier alpha value is -2.29. The van der Waals surface area contributed by atoms with Gasteiger partial charge in [-0.3, -0.25) is 0 Å². The van der Waals surface area contributed by atoms with E-state index >= 15 is 0 Å². The molecule has 0 saturated carbocycles. The molecule has 3 heteroatoms. The Bertz CT molecular complexity index is 635. The maximum atomic E-state index is 6.09. The zero-order valence-electron chi connectivity index (χ0n) is 11.6. The molecular formula is C17H18N2O. The van der Waals surface area contributed by atoms with Gasteiger partial charge in [0.1, 0.15) is 18.2 Å². The van der Waals surface area contributed by atoms with Gasteiger partial charge in [0, 0.05) is 23.9 Å². The average Bonchev–Trinajstić information content (AvgIpc) is 2.94. The molecule has 1 aromatic heterocycles. The first-order valence-corrected chi connectivity index (χ1v) is 6.84. The summed E-state index contributed by atoms with van der Waals surface area (Å²) < 4.78 is 6.09. The summed E-state index contributed by atoms with van der Waals surface area (Å²) in [7, 11) is 0. The van der Waals surface area contributed by atoms with Crippen molar-refractivity contribution in [1.82, 2.24) is 4.98 Å². The minimum atomic E-state index is 0.567. The van der Waals surface area contributed by atoms with Gasteiger partial charge in [0.05, 0.1) is 0 Å². The lowest BCUT2D eigenvalue weighted by atomic mass is 10.1. The van der Waals surface area contributed by atoms with E-state index in [9.17, 15) is 0 Å². The second-order valence-corrected chi connectivity index (χ2v) is 5.06. The highest BCUT2D eigenvalue weighted by atomic mass is 16.5. The first kappa shape index (κ1) is 12.7. The maximum absolute atomic E-state index is 6.09. The van der Waals surface area contributed by atoms with Crippen LogP contribution in [-0.2, 0) is 13.0 Å². The number of aromatic nitrogens is 1. The molecule has 0 aliphatic carbocycles. The van der Waals surface area contributed by atoms with Crippen molar-refractivity contribution in [2.75, 3.05) is 11.9 Å². The smallest absolute Gasteiger partial charge is 0.135 e. The minimum absolute atomic E-state index is 0.567. The minimum Gasteiger partial charge on any atom is -0.488 e. The molecule has 2 aromatic rings. The highest BCUT2D eigenvalue weighted by Crippen LogP contribution is 2.35. The molecule has 0 fully saturated rings. The average molecular weight is 266 g/mol. The predicted molar refractivity (Wildman–Crippen MR) is 81.9 cm³/mol. The first-order chi connectivity index (χ1) is 9.75. The Morgan fingerprint density at radius 2 is 2.15 bits per heavy atom. The van der Waals surface area contributed by atoms with Crippen LogP contribution < -0.4 is 10.1 Å². The number of nitrogens with one attached hydrogen (secondary N) is 1. The Morgan fingerprint density at radius 1 is 1.35 bits per heavy atom.